The Hall–Kier alpha value is -1.75. The maximum absolute atomic E-state index is 12.5. The molecule has 0 aliphatic heterocycles. The summed E-state index contributed by atoms with van der Waals surface area (Å²) in [6.45, 7) is 5.68. The van der Waals surface area contributed by atoms with Crippen LogP contribution in [0.1, 0.15) is 30.8 Å². The molecule has 1 unspecified atom stereocenters. The summed E-state index contributed by atoms with van der Waals surface area (Å²) in [5.41, 5.74) is 2.29. The van der Waals surface area contributed by atoms with Crippen molar-refractivity contribution in [3.8, 4) is 10.6 Å². The van der Waals surface area contributed by atoms with Crippen LogP contribution in [-0.4, -0.2) is 33.9 Å². The summed E-state index contributed by atoms with van der Waals surface area (Å²) in [6.07, 6.45) is 6.26. The molecule has 1 atom stereocenters. The predicted molar refractivity (Wildman–Crippen MR) is 88.8 cm³/mol. The maximum Gasteiger partial charge on any atom is 0.226 e. The summed E-state index contributed by atoms with van der Waals surface area (Å²) < 4.78 is 0. The van der Waals surface area contributed by atoms with E-state index in [-0.39, 0.29) is 5.92 Å². The summed E-state index contributed by atoms with van der Waals surface area (Å²) in [5.74, 6) is 0.424. The molecule has 22 heavy (non-hydrogen) atoms. The van der Waals surface area contributed by atoms with E-state index in [0.29, 0.717) is 5.91 Å². The monoisotopic (exact) mass is 315 g/mol. The number of pyridine rings is 1. The van der Waals surface area contributed by atoms with Crippen LogP contribution in [0.2, 0.25) is 0 Å². The molecule has 4 nitrogen and oxygen atoms in total. The number of hydrogen-bond acceptors (Lipinski definition) is 4. The first-order chi connectivity index (χ1) is 10.7. The number of carbonyl (C=O) groups excluding carboxylic acids is 1. The third-order valence-corrected chi connectivity index (χ3v) is 5.46. The first-order valence-corrected chi connectivity index (χ1v) is 8.72. The molecule has 0 spiro atoms. The fraction of sp³-hybridized carbons (Fsp3) is 0.471. The van der Waals surface area contributed by atoms with E-state index in [1.165, 1.54) is 10.6 Å². The predicted octanol–water partition coefficient (Wildman–Crippen LogP) is 3.18. The molecule has 2 heterocycles. The van der Waals surface area contributed by atoms with E-state index in [1.54, 1.807) is 23.7 Å². The van der Waals surface area contributed by atoms with Crippen molar-refractivity contribution in [1.82, 2.24) is 14.9 Å². The molecule has 2 aromatic rings. The molecule has 0 fully saturated rings. The van der Waals surface area contributed by atoms with Crippen LogP contribution in [0.5, 0.6) is 0 Å². The van der Waals surface area contributed by atoms with Crippen molar-refractivity contribution in [2.24, 2.45) is 5.92 Å². The molecule has 0 saturated carbocycles. The van der Waals surface area contributed by atoms with Gasteiger partial charge < -0.3 is 4.90 Å². The number of thiazole rings is 1. The lowest BCUT2D eigenvalue weighted by atomic mass is 9.90. The van der Waals surface area contributed by atoms with Crippen molar-refractivity contribution in [3.63, 3.8) is 0 Å². The van der Waals surface area contributed by atoms with Crippen molar-refractivity contribution in [1.29, 1.82) is 0 Å². The average Bonchev–Trinajstić information content (AvgIpc) is 2.99. The Kier molecular flexibility index (Phi) is 4.52. The Balaban J connectivity index is 1.79. The summed E-state index contributed by atoms with van der Waals surface area (Å²) in [7, 11) is 0. The first-order valence-electron chi connectivity index (χ1n) is 7.90. The van der Waals surface area contributed by atoms with Crippen LogP contribution in [0.15, 0.2) is 24.5 Å². The molecular weight excluding hydrogens is 294 g/mol. The van der Waals surface area contributed by atoms with Gasteiger partial charge in [-0.05, 0) is 45.2 Å². The van der Waals surface area contributed by atoms with E-state index < -0.39 is 0 Å². The van der Waals surface area contributed by atoms with Crippen LogP contribution in [-0.2, 0) is 17.6 Å². The number of aryl methyl sites for hydroxylation is 1. The normalized spacial score (nSPS) is 17.1. The number of fused-ring (bicyclic) bond motifs is 1. The lowest BCUT2D eigenvalue weighted by molar-refractivity contribution is -0.135. The number of hydrogen-bond donors (Lipinski definition) is 0. The third-order valence-electron chi connectivity index (χ3n) is 4.29. The summed E-state index contributed by atoms with van der Waals surface area (Å²) in [6, 6.07) is 3.98. The molecule has 1 aliphatic rings. The second kappa shape index (κ2) is 6.57. The van der Waals surface area contributed by atoms with E-state index >= 15 is 0 Å². The SMILES string of the molecule is CCN(CC)C(=O)C1CCc2nc(-c3ccncc3)sc2C1. The van der Waals surface area contributed by atoms with Gasteiger partial charge in [0.15, 0.2) is 0 Å². The molecular formula is C17H21N3OS. The van der Waals surface area contributed by atoms with Crippen molar-refractivity contribution in [3.05, 3.63) is 35.1 Å². The Morgan fingerprint density at radius 1 is 1.32 bits per heavy atom. The minimum atomic E-state index is 0.123. The van der Waals surface area contributed by atoms with Crippen LogP contribution in [0, 0.1) is 5.92 Å². The van der Waals surface area contributed by atoms with Crippen LogP contribution in [0.3, 0.4) is 0 Å². The van der Waals surface area contributed by atoms with Crippen molar-refractivity contribution in [2.45, 2.75) is 33.1 Å². The zero-order valence-corrected chi connectivity index (χ0v) is 13.9. The van der Waals surface area contributed by atoms with E-state index in [9.17, 15) is 4.79 Å². The number of amides is 1. The lowest BCUT2D eigenvalue weighted by Gasteiger charge is -2.27. The molecule has 116 valence electrons. The molecule has 2 aromatic heterocycles. The van der Waals surface area contributed by atoms with E-state index in [4.69, 9.17) is 4.98 Å². The zero-order chi connectivity index (χ0) is 15.5. The standard InChI is InChI=1S/C17H21N3OS/c1-3-20(4-2)17(21)13-5-6-14-15(11-13)22-16(19-14)12-7-9-18-10-8-12/h7-10,13H,3-6,11H2,1-2H3. The highest BCUT2D eigenvalue weighted by molar-refractivity contribution is 7.15. The highest BCUT2D eigenvalue weighted by Crippen LogP contribution is 2.35. The zero-order valence-electron chi connectivity index (χ0n) is 13.1. The first kappa shape index (κ1) is 15.2. The number of aromatic nitrogens is 2. The number of carbonyl (C=O) groups is 1. The lowest BCUT2D eigenvalue weighted by Crippen LogP contribution is -2.38. The molecule has 0 saturated heterocycles. The molecule has 5 heteroatoms. The Bertz CT molecular complexity index is 649. The Morgan fingerprint density at radius 2 is 2.05 bits per heavy atom. The minimum absolute atomic E-state index is 0.123. The molecule has 1 aliphatic carbocycles. The van der Waals surface area contributed by atoms with Gasteiger partial charge in [0.05, 0.1) is 5.69 Å². The van der Waals surface area contributed by atoms with E-state index in [2.05, 4.69) is 4.98 Å². The second-order valence-electron chi connectivity index (χ2n) is 5.58. The van der Waals surface area contributed by atoms with Gasteiger partial charge in [0, 0.05) is 41.8 Å². The molecule has 3 rings (SSSR count). The smallest absolute Gasteiger partial charge is 0.226 e. The van der Waals surface area contributed by atoms with Gasteiger partial charge in [-0.3, -0.25) is 9.78 Å². The molecule has 0 bridgehead atoms. The van der Waals surface area contributed by atoms with Crippen LogP contribution < -0.4 is 0 Å². The summed E-state index contributed by atoms with van der Waals surface area (Å²) in [4.78, 5) is 24.6. The third kappa shape index (κ3) is 2.90. The Labute approximate surface area is 135 Å². The molecule has 1 amide bonds. The summed E-state index contributed by atoms with van der Waals surface area (Å²) in [5, 5.41) is 1.04. The Morgan fingerprint density at radius 3 is 2.73 bits per heavy atom. The van der Waals surface area contributed by atoms with Gasteiger partial charge in [0.25, 0.3) is 0 Å². The second-order valence-corrected chi connectivity index (χ2v) is 6.66. The topological polar surface area (TPSA) is 46.1 Å². The highest BCUT2D eigenvalue weighted by atomic mass is 32.1. The highest BCUT2D eigenvalue weighted by Gasteiger charge is 2.29. The van der Waals surface area contributed by atoms with E-state index in [0.717, 1.165) is 42.9 Å². The van der Waals surface area contributed by atoms with Crippen molar-refractivity contribution in [2.75, 3.05) is 13.1 Å². The van der Waals surface area contributed by atoms with Crippen LogP contribution >= 0.6 is 11.3 Å². The number of nitrogens with zero attached hydrogens (tertiary/aromatic N) is 3. The maximum atomic E-state index is 12.5. The van der Waals surface area contributed by atoms with Gasteiger partial charge >= 0.3 is 0 Å². The van der Waals surface area contributed by atoms with Gasteiger partial charge in [-0.2, -0.15) is 0 Å². The minimum Gasteiger partial charge on any atom is -0.343 e. The van der Waals surface area contributed by atoms with Gasteiger partial charge in [-0.25, -0.2) is 4.98 Å². The van der Waals surface area contributed by atoms with Gasteiger partial charge in [-0.1, -0.05) is 0 Å². The largest absolute Gasteiger partial charge is 0.343 e. The fourth-order valence-electron chi connectivity index (χ4n) is 3.00. The molecule has 0 aromatic carbocycles. The number of rotatable bonds is 4. The summed E-state index contributed by atoms with van der Waals surface area (Å²) >= 11 is 1.73. The fourth-order valence-corrected chi connectivity index (χ4v) is 4.19. The van der Waals surface area contributed by atoms with Gasteiger partial charge in [0.2, 0.25) is 5.91 Å². The average molecular weight is 315 g/mol. The molecule has 0 N–H and O–H groups in total. The molecule has 0 radical (unpaired) electrons. The van der Waals surface area contributed by atoms with Crippen molar-refractivity contribution >= 4 is 17.2 Å². The quantitative estimate of drug-likeness (QED) is 0.870. The van der Waals surface area contributed by atoms with Crippen LogP contribution in [0.4, 0.5) is 0 Å². The van der Waals surface area contributed by atoms with E-state index in [1.807, 2.05) is 30.9 Å². The van der Waals surface area contributed by atoms with Crippen molar-refractivity contribution < 1.29 is 4.79 Å². The van der Waals surface area contributed by atoms with Crippen LogP contribution in [0.25, 0.3) is 10.6 Å². The van der Waals surface area contributed by atoms with Gasteiger partial charge in [0.1, 0.15) is 5.01 Å². The van der Waals surface area contributed by atoms with Gasteiger partial charge in [-0.15, -0.1) is 11.3 Å².